The van der Waals surface area contributed by atoms with E-state index in [4.69, 9.17) is 0 Å². The Bertz CT molecular complexity index is 428. The first-order valence-electron chi connectivity index (χ1n) is 5.76. The van der Waals surface area contributed by atoms with Crippen LogP contribution in [0.1, 0.15) is 27.2 Å². The summed E-state index contributed by atoms with van der Waals surface area (Å²) in [6.07, 6.45) is 2.10. The van der Waals surface area contributed by atoms with E-state index >= 15 is 0 Å². The Kier molecular flexibility index (Phi) is 4.41. The summed E-state index contributed by atoms with van der Waals surface area (Å²) in [5, 5.41) is 16.6. The van der Waals surface area contributed by atoms with Gasteiger partial charge in [-0.25, -0.2) is 4.98 Å². The largest absolute Gasteiger partial charge is 0.364 e. The van der Waals surface area contributed by atoms with E-state index in [0.717, 1.165) is 6.42 Å². The molecule has 1 rings (SSSR count). The van der Waals surface area contributed by atoms with Crippen LogP contribution in [0.5, 0.6) is 0 Å². The highest BCUT2D eigenvalue weighted by Crippen LogP contribution is 2.23. The minimum atomic E-state index is -0.487. The summed E-state index contributed by atoms with van der Waals surface area (Å²) >= 11 is 0. The minimum Gasteiger partial charge on any atom is -0.364 e. The molecule has 0 fully saturated rings. The average molecular weight is 253 g/mol. The van der Waals surface area contributed by atoms with Crippen LogP contribution < -0.4 is 10.6 Å². The molecule has 2 N–H and O–H groups in total. The molecule has 1 aromatic heterocycles. The summed E-state index contributed by atoms with van der Waals surface area (Å²) in [7, 11) is 1.67. The lowest BCUT2D eigenvalue weighted by Crippen LogP contribution is -2.15. The Morgan fingerprint density at radius 1 is 1.44 bits per heavy atom. The van der Waals surface area contributed by atoms with Crippen molar-refractivity contribution < 1.29 is 4.92 Å². The summed E-state index contributed by atoms with van der Waals surface area (Å²) < 4.78 is 0. The van der Waals surface area contributed by atoms with Gasteiger partial charge in [0.1, 0.15) is 6.20 Å². The van der Waals surface area contributed by atoms with Gasteiger partial charge >= 0.3 is 5.69 Å². The third kappa shape index (κ3) is 4.15. The van der Waals surface area contributed by atoms with E-state index < -0.39 is 4.92 Å². The molecule has 1 heterocycles. The maximum Gasteiger partial charge on any atom is 0.329 e. The van der Waals surface area contributed by atoms with Crippen LogP contribution in [0, 0.1) is 15.5 Å². The summed E-state index contributed by atoms with van der Waals surface area (Å²) in [5.41, 5.74) is 0.0589. The first-order chi connectivity index (χ1) is 8.33. The lowest BCUT2D eigenvalue weighted by Gasteiger charge is -2.18. The smallest absolute Gasteiger partial charge is 0.329 e. The molecule has 0 amide bonds. The van der Waals surface area contributed by atoms with Crippen LogP contribution >= 0.6 is 0 Å². The SMILES string of the molecule is CNc1ncc([N+](=O)[O-])c(NCCC(C)(C)C)n1. The highest BCUT2D eigenvalue weighted by Gasteiger charge is 2.17. The van der Waals surface area contributed by atoms with E-state index in [-0.39, 0.29) is 16.9 Å². The Balaban J connectivity index is 2.81. The number of hydrogen-bond acceptors (Lipinski definition) is 6. The molecule has 0 radical (unpaired) electrons. The molecule has 0 bridgehead atoms. The second-order valence-corrected chi connectivity index (χ2v) is 5.17. The van der Waals surface area contributed by atoms with Crippen molar-refractivity contribution in [3.05, 3.63) is 16.3 Å². The first-order valence-corrected chi connectivity index (χ1v) is 5.76. The van der Waals surface area contributed by atoms with Crippen LogP contribution in [0.2, 0.25) is 0 Å². The number of nitrogens with one attached hydrogen (secondary N) is 2. The second-order valence-electron chi connectivity index (χ2n) is 5.17. The molecule has 0 saturated carbocycles. The van der Waals surface area contributed by atoms with Gasteiger partial charge in [-0.1, -0.05) is 20.8 Å². The van der Waals surface area contributed by atoms with E-state index in [9.17, 15) is 10.1 Å². The number of aromatic nitrogens is 2. The Labute approximate surface area is 106 Å². The molecule has 7 nitrogen and oxygen atoms in total. The van der Waals surface area contributed by atoms with E-state index in [1.54, 1.807) is 7.05 Å². The van der Waals surface area contributed by atoms with Gasteiger partial charge in [0.15, 0.2) is 0 Å². The van der Waals surface area contributed by atoms with Crippen molar-refractivity contribution in [1.82, 2.24) is 9.97 Å². The Morgan fingerprint density at radius 2 is 2.11 bits per heavy atom. The molecule has 0 aliphatic carbocycles. The predicted molar refractivity (Wildman–Crippen MR) is 70.8 cm³/mol. The molecule has 0 saturated heterocycles. The summed E-state index contributed by atoms with van der Waals surface area (Å²) in [6.45, 7) is 6.97. The van der Waals surface area contributed by atoms with E-state index in [2.05, 4.69) is 41.4 Å². The van der Waals surface area contributed by atoms with E-state index in [1.807, 2.05) is 0 Å². The van der Waals surface area contributed by atoms with Crippen LogP contribution in [0.25, 0.3) is 0 Å². The zero-order valence-corrected chi connectivity index (χ0v) is 11.1. The molecule has 0 spiro atoms. The fraction of sp³-hybridized carbons (Fsp3) is 0.636. The topological polar surface area (TPSA) is 93.0 Å². The van der Waals surface area contributed by atoms with Gasteiger partial charge in [0.2, 0.25) is 11.8 Å². The fourth-order valence-electron chi connectivity index (χ4n) is 1.32. The molecule has 7 heteroatoms. The second kappa shape index (κ2) is 5.61. The molecule has 0 unspecified atom stereocenters. The van der Waals surface area contributed by atoms with Gasteiger partial charge in [-0.15, -0.1) is 0 Å². The van der Waals surface area contributed by atoms with Gasteiger partial charge in [0.05, 0.1) is 4.92 Å². The van der Waals surface area contributed by atoms with Crippen molar-refractivity contribution in [3.8, 4) is 0 Å². The van der Waals surface area contributed by atoms with Crippen LogP contribution in [-0.4, -0.2) is 28.5 Å². The quantitative estimate of drug-likeness (QED) is 0.617. The van der Waals surface area contributed by atoms with Gasteiger partial charge in [0.25, 0.3) is 0 Å². The fourth-order valence-corrected chi connectivity index (χ4v) is 1.32. The molecule has 1 aromatic rings. The number of nitro groups is 1. The lowest BCUT2D eigenvalue weighted by atomic mass is 9.92. The summed E-state index contributed by atoms with van der Waals surface area (Å²) in [6, 6.07) is 0. The Morgan fingerprint density at radius 3 is 2.61 bits per heavy atom. The number of nitrogens with zero attached hydrogens (tertiary/aromatic N) is 3. The van der Waals surface area contributed by atoms with Crippen LogP contribution in [0.15, 0.2) is 6.20 Å². The molecule has 0 aliphatic heterocycles. The zero-order chi connectivity index (χ0) is 13.8. The van der Waals surface area contributed by atoms with Crippen LogP contribution in [0.3, 0.4) is 0 Å². The maximum atomic E-state index is 10.8. The first kappa shape index (κ1) is 14.1. The van der Waals surface area contributed by atoms with E-state index in [1.165, 1.54) is 6.20 Å². The molecule has 0 atom stereocenters. The molecule has 100 valence electrons. The average Bonchev–Trinajstić information content (AvgIpc) is 2.26. The normalized spacial score (nSPS) is 11.1. The number of anilines is 2. The van der Waals surface area contributed by atoms with Crippen molar-refractivity contribution in [2.75, 3.05) is 24.2 Å². The molecule has 18 heavy (non-hydrogen) atoms. The van der Waals surface area contributed by atoms with Crippen molar-refractivity contribution in [2.24, 2.45) is 5.41 Å². The molecular formula is C11H19N5O2. The van der Waals surface area contributed by atoms with Crippen molar-refractivity contribution in [2.45, 2.75) is 27.2 Å². The zero-order valence-electron chi connectivity index (χ0n) is 11.1. The van der Waals surface area contributed by atoms with Gasteiger partial charge in [-0.2, -0.15) is 4.98 Å². The molecule has 0 aromatic carbocycles. The summed E-state index contributed by atoms with van der Waals surface area (Å²) in [4.78, 5) is 18.2. The minimum absolute atomic E-state index is 0.108. The van der Waals surface area contributed by atoms with Crippen molar-refractivity contribution in [1.29, 1.82) is 0 Å². The third-order valence-corrected chi connectivity index (χ3v) is 2.36. The van der Waals surface area contributed by atoms with E-state index in [0.29, 0.717) is 12.5 Å². The monoisotopic (exact) mass is 253 g/mol. The standard InChI is InChI=1S/C11H19N5O2/c1-11(2,3)5-6-13-9-8(16(17)18)7-14-10(12-4)15-9/h7H,5-6H2,1-4H3,(H2,12,13,14,15). The Hall–Kier alpha value is -1.92. The van der Waals surface area contributed by atoms with Crippen LogP contribution in [-0.2, 0) is 0 Å². The van der Waals surface area contributed by atoms with Gasteiger partial charge in [-0.3, -0.25) is 10.1 Å². The molecule has 0 aliphatic rings. The highest BCUT2D eigenvalue weighted by molar-refractivity contribution is 5.56. The highest BCUT2D eigenvalue weighted by atomic mass is 16.6. The predicted octanol–water partition coefficient (Wildman–Crippen LogP) is 2.27. The van der Waals surface area contributed by atoms with Crippen LogP contribution in [0.4, 0.5) is 17.5 Å². The van der Waals surface area contributed by atoms with Gasteiger partial charge in [-0.05, 0) is 11.8 Å². The van der Waals surface area contributed by atoms with Crippen molar-refractivity contribution in [3.63, 3.8) is 0 Å². The number of hydrogen-bond donors (Lipinski definition) is 2. The van der Waals surface area contributed by atoms with Gasteiger partial charge < -0.3 is 10.6 Å². The van der Waals surface area contributed by atoms with Gasteiger partial charge in [0, 0.05) is 13.6 Å². The third-order valence-electron chi connectivity index (χ3n) is 2.36. The lowest BCUT2D eigenvalue weighted by molar-refractivity contribution is -0.384. The summed E-state index contributed by atoms with van der Waals surface area (Å²) in [5.74, 6) is 0.613. The number of rotatable bonds is 5. The molecular weight excluding hydrogens is 234 g/mol. The van der Waals surface area contributed by atoms with Crippen molar-refractivity contribution >= 4 is 17.5 Å². The maximum absolute atomic E-state index is 10.8.